The van der Waals surface area contributed by atoms with E-state index in [1.165, 1.54) is 12.3 Å². The Labute approximate surface area is 205 Å². The van der Waals surface area contributed by atoms with Crippen LogP contribution in [0.1, 0.15) is 12.8 Å². The molecule has 0 aliphatic carbocycles. The first-order valence-corrected chi connectivity index (χ1v) is 11.2. The molecule has 0 aliphatic heterocycles. The van der Waals surface area contributed by atoms with Crippen LogP contribution in [0, 0.1) is 0 Å². The minimum absolute atomic E-state index is 0.173. The number of fused-ring (bicyclic) bond motifs is 1. The van der Waals surface area contributed by atoms with Crippen molar-refractivity contribution >= 4 is 40.1 Å². The van der Waals surface area contributed by atoms with E-state index in [0.29, 0.717) is 50.9 Å². The Kier molecular flexibility index (Phi) is 7.40. The Morgan fingerprint density at radius 1 is 0.912 bits per heavy atom. The van der Waals surface area contributed by atoms with Gasteiger partial charge in [-0.05, 0) is 55.0 Å². The number of benzene rings is 3. The fraction of sp³-hybridized carbons (Fsp3) is 0.154. The zero-order chi connectivity index (χ0) is 24.1. The zero-order valence-corrected chi connectivity index (χ0v) is 19.7. The SMILES string of the molecule is COc1ccc(OCCCC(=O)Oc2ccc3c(=O)c(-c4ccc(Cl)cc4Cl)coc3c2)cc1. The molecule has 0 N–H and O–H groups in total. The van der Waals surface area contributed by atoms with E-state index in [-0.39, 0.29) is 17.6 Å². The van der Waals surface area contributed by atoms with E-state index in [1.54, 1.807) is 61.7 Å². The highest BCUT2D eigenvalue weighted by atomic mass is 35.5. The quantitative estimate of drug-likeness (QED) is 0.156. The van der Waals surface area contributed by atoms with E-state index in [2.05, 4.69) is 0 Å². The highest BCUT2D eigenvalue weighted by Gasteiger charge is 2.14. The van der Waals surface area contributed by atoms with Gasteiger partial charge in [0.25, 0.3) is 0 Å². The van der Waals surface area contributed by atoms with Crippen molar-refractivity contribution < 1.29 is 23.4 Å². The summed E-state index contributed by atoms with van der Waals surface area (Å²) in [7, 11) is 1.60. The fourth-order valence-electron chi connectivity index (χ4n) is 3.33. The summed E-state index contributed by atoms with van der Waals surface area (Å²) in [6.45, 7) is 0.365. The van der Waals surface area contributed by atoms with E-state index in [0.717, 1.165) is 5.75 Å². The molecule has 0 amide bonds. The van der Waals surface area contributed by atoms with Gasteiger partial charge in [0.15, 0.2) is 0 Å². The number of ether oxygens (including phenoxy) is 3. The highest BCUT2D eigenvalue weighted by Crippen LogP contribution is 2.30. The van der Waals surface area contributed by atoms with Gasteiger partial charge in [0, 0.05) is 23.1 Å². The van der Waals surface area contributed by atoms with Gasteiger partial charge >= 0.3 is 5.97 Å². The second-order valence-electron chi connectivity index (χ2n) is 7.36. The normalized spacial score (nSPS) is 10.8. The molecule has 0 bridgehead atoms. The second-order valence-corrected chi connectivity index (χ2v) is 8.21. The van der Waals surface area contributed by atoms with Gasteiger partial charge in [0.2, 0.25) is 5.43 Å². The first kappa shape index (κ1) is 23.7. The van der Waals surface area contributed by atoms with Crippen molar-refractivity contribution in [1.82, 2.24) is 0 Å². The number of carbonyl (C=O) groups is 1. The summed E-state index contributed by atoms with van der Waals surface area (Å²) in [4.78, 5) is 25.1. The average molecular weight is 499 g/mol. The lowest BCUT2D eigenvalue weighted by Crippen LogP contribution is -2.10. The van der Waals surface area contributed by atoms with E-state index < -0.39 is 5.97 Å². The molecule has 0 saturated carbocycles. The Morgan fingerprint density at radius 3 is 2.38 bits per heavy atom. The van der Waals surface area contributed by atoms with Gasteiger partial charge < -0.3 is 18.6 Å². The third kappa shape index (κ3) is 5.53. The van der Waals surface area contributed by atoms with Crippen molar-refractivity contribution in [1.29, 1.82) is 0 Å². The molecule has 0 radical (unpaired) electrons. The molecule has 6 nitrogen and oxygen atoms in total. The molecule has 0 saturated heterocycles. The molecule has 0 atom stereocenters. The van der Waals surface area contributed by atoms with Gasteiger partial charge in [-0.3, -0.25) is 9.59 Å². The number of hydrogen-bond donors (Lipinski definition) is 0. The molecular weight excluding hydrogens is 479 g/mol. The smallest absolute Gasteiger partial charge is 0.311 e. The number of hydrogen-bond acceptors (Lipinski definition) is 6. The van der Waals surface area contributed by atoms with Crippen LogP contribution in [-0.4, -0.2) is 19.7 Å². The average Bonchev–Trinajstić information content (AvgIpc) is 2.83. The Balaban J connectivity index is 1.37. The van der Waals surface area contributed by atoms with Crippen LogP contribution in [0.4, 0.5) is 0 Å². The Morgan fingerprint density at radius 2 is 1.65 bits per heavy atom. The monoisotopic (exact) mass is 498 g/mol. The first-order valence-electron chi connectivity index (χ1n) is 10.4. The summed E-state index contributed by atoms with van der Waals surface area (Å²) in [5.74, 6) is 1.31. The van der Waals surface area contributed by atoms with Crippen LogP contribution in [0.15, 0.2) is 76.1 Å². The molecule has 4 rings (SSSR count). The number of halogens is 2. The molecule has 1 aromatic heterocycles. The predicted molar refractivity (Wildman–Crippen MR) is 131 cm³/mol. The van der Waals surface area contributed by atoms with Crippen LogP contribution in [0.2, 0.25) is 10.0 Å². The van der Waals surface area contributed by atoms with E-state index in [9.17, 15) is 9.59 Å². The second kappa shape index (κ2) is 10.6. The van der Waals surface area contributed by atoms with E-state index >= 15 is 0 Å². The molecule has 0 aliphatic rings. The minimum Gasteiger partial charge on any atom is -0.497 e. The van der Waals surface area contributed by atoms with Crippen molar-refractivity contribution in [3.63, 3.8) is 0 Å². The molecular formula is C26H20Cl2O6. The third-order valence-corrected chi connectivity index (χ3v) is 5.60. The Hall–Kier alpha value is -3.48. The van der Waals surface area contributed by atoms with Gasteiger partial charge in [0.05, 0.1) is 29.7 Å². The summed E-state index contributed by atoms with van der Waals surface area (Å²) in [5.41, 5.74) is 0.885. The van der Waals surface area contributed by atoms with Gasteiger partial charge in [-0.25, -0.2) is 0 Å². The number of rotatable bonds is 8. The number of esters is 1. The molecule has 4 aromatic rings. The lowest BCUT2D eigenvalue weighted by molar-refractivity contribution is -0.134. The lowest BCUT2D eigenvalue weighted by Gasteiger charge is -2.08. The van der Waals surface area contributed by atoms with E-state index in [4.69, 9.17) is 41.8 Å². The maximum atomic E-state index is 12.9. The number of methoxy groups -OCH3 is 1. The molecule has 0 fully saturated rings. The van der Waals surface area contributed by atoms with Crippen molar-refractivity contribution in [3.05, 3.63) is 87.2 Å². The third-order valence-electron chi connectivity index (χ3n) is 5.05. The molecule has 8 heteroatoms. The molecule has 0 unspecified atom stereocenters. The molecule has 174 valence electrons. The van der Waals surface area contributed by atoms with E-state index in [1.807, 2.05) is 0 Å². The van der Waals surface area contributed by atoms with Crippen molar-refractivity contribution in [2.75, 3.05) is 13.7 Å². The summed E-state index contributed by atoms with van der Waals surface area (Å²) in [5, 5.41) is 1.16. The van der Waals surface area contributed by atoms with Crippen molar-refractivity contribution in [2.24, 2.45) is 0 Å². The molecule has 1 heterocycles. The van der Waals surface area contributed by atoms with Gasteiger partial charge in [0.1, 0.15) is 29.1 Å². The van der Waals surface area contributed by atoms with Crippen molar-refractivity contribution in [3.8, 4) is 28.4 Å². The van der Waals surface area contributed by atoms with Crippen molar-refractivity contribution in [2.45, 2.75) is 12.8 Å². The largest absolute Gasteiger partial charge is 0.497 e. The standard InChI is InChI=1S/C26H20Cl2O6/c1-31-17-5-7-18(8-6-17)32-12-2-3-25(29)34-19-9-11-21-24(14-19)33-15-22(26(21)30)20-10-4-16(27)13-23(20)28/h4-11,13-15H,2-3,12H2,1H3. The van der Waals surface area contributed by atoms with Gasteiger partial charge in [-0.1, -0.05) is 29.3 Å². The van der Waals surface area contributed by atoms with Crippen LogP contribution < -0.4 is 19.6 Å². The maximum absolute atomic E-state index is 12.9. The van der Waals surface area contributed by atoms with Crippen LogP contribution in [0.3, 0.4) is 0 Å². The maximum Gasteiger partial charge on any atom is 0.311 e. The fourth-order valence-corrected chi connectivity index (χ4v) is 3.84. The van der Waals surface area contributed by atoms with Crippen LogP contribution >= 0.6 is 23.2 Å². The highest BCUT2D eigenvalue weighted by molar-refractivity contribution is 6.36. The molecule has 3 aromatic carbocycles. The van der Waals surface area contributed by atoms with Gasteiger partial charge in [-0.15, -0.1) is 0 Å². The molecule has 34 heavy (non-hydrogen) atoms. The topological polar surface area (TPSA) is 75.0 Å². The Bertz CT molecular complexity index is 1380. The summed E-state index contributed by atoms with van der Waals surface area (Å²) in [6, 6.07) is 16.7. The summed E-state index contributed by atoms with van der Waals surface area (Å²) in [6.07, 6.45) is 1.99. The predicted octanol–water partition coefficient (Wildman–Crippen LogP) is 6.54. The first-order chi connectivity index (χ1) is 16.4. The van der Waals surface area contributed by atoms with Crippen LogP contribution in [-0.2, 0) is 4.79 Å². The number of carbonyl (C=O) groups excluding carboxylic acids is 1. The summed E-state index contributed by atoms with van der Waals surface area (Å²) >= 11 is 12.2. The minimum atomic E-state index is -0.412. The lowest BCUT2D eigenvalue weighted by atomic mass is 10.1. The summed E-state index contributed by atoms with van der Waals surface area (Å²) < 4.78 is 21.7. The molecule has 0 spiro atoms. The van der Waals surface area contributed by atoms with Crippen LogP contribution in [0.25, 0.3) is 22.1 Å². The van der Waals surface area contributed by atoms with Crippen LogP contribution in [0.5, 0.6) is 17.2 Å². The van der Waals surface area contributed by atoms with Gasteiger partial charge in [-0.2, -0.15) is 0 Å². The zero-order valence-electron chi connectivity index (χ0n) is 18.2.